The first kappa shape index (κ1) is 15.4. The molecule has 2 rings (SSSR count). The second-order valence-corrected chi connectivity index (χ2v) is 7.24. The molecule has 0 aliphatic heterocycles. The van der Waals surface area contributed by atoms with Gasteiger partial charge in [0.2, 0.25) is 0 Å². The minimum absolute atomic E-state index is 0.0492. The summed E-state index contributed by atoms with van der Waals surface area (Å²) in [5, 5.41) is 15.2. The van der Waals surface area contributed by atoms with Crippen LogP contribution in [0.5, 0.6) is 0 Å². The van der Waals surface area contributed by atoms with Gasteiger partial charge >= 0.3 is 0 Å². The van der Waals surface area contributed by atoms with Crippen molar-refractivity contribution in [1.29, 1.82) is 0 Å². The van der Waals surface area contributed by atoms with E-state index in [1.807, 2.05) is 14.1 Å². The lowest BCUT2D eigenvalue weighted by atomic mass is 9.97. The Kier molecular flexibility index (Phi) is 4.48. The Balaban J connectivity index is 2.13. The van der Waals surface area contributed by atoms with Crippen molar-refractivity contribution in [1.82, 2.24) is 19.8 Å². The summed E-state index contributed by atoms with van der Waals surface area (Å²) < 4.78 is 27.2. The standard InChI is InChI=1S/C12H22N4O3S/c1-16(2)12(5-3-4-6-12)9-14-20(18,19)11-10(8-17)7-13-15-11/h7,14,17H,3-6,8-9H2,1-2H3,(H,13,15). The van der Waals surface area contributed by atoms with E-state index in [4.69, 9.17) is 5.11 Å². The summed E-state index contributed by atoms with van der Waals surface area (Å²) >= 11 is 0. The number of sulfonamides is 1. The zero-order valence-corrected chi connectivity index (χ0v) is 12.7. The average molecular weight is 302 g/mol. The molecular weight excluding hydrogens is 280 g/mol. The van der Waals surface area contributed by atoms with Crippen molar-refractivity contribution in [3.05, 3.63) is 11.8 Å². The molecule has 0 aromatic carbocycles. The quantitative estimate of drug-likeness (QED) is 0.690. The van der Waals surface area contributed by atoms with Crippen LogP contribution in [0.1, 0.15) is 31.2 Å². The molecule has 0 saturated heterocycles. The fraction of sp³-hybridized carbons (Fsp3) is 0.750. The first-order chi connectivity index (χ1) is 9.41. The first-order valence-electron chi connectivity index (χ1n) is 6.71. The highest BCUT2D eigenvalue weighted by Crippen LogP contribution is 2.33. The molecule has 1 fully saturated rings. The number of likely N-dealkylation sites (N-methyl/N-ethyl adjacent to an activating group) is 1. The van der Waals surface area contributed by atoms with Crippen molar-refractivity contribution in [2.75, 3.05) is 20.6 Å². The molecule has 0 radical (unpaired) electrons. The van der Waals surface area contributed by atoms with Gasteiger partial charge in [0.05, 0.1) is 12.8 Å². The molecule has 114 valence electrons. The Bertz CT molecular complexity index is 547. The summed E-state index contributed by atoms with van der Waals surface area (Å²) in [6, 6.07) is 0. The third-order valence-corrected chi connectivity index (χ3v) is 5.61. The number of hydrogen-bond donors (Lipinski definition) is 3. The van der Waals surface area contributed by atoms with Crippen molar-refractivity contribution in [3.8, 4) is 0 Å². The Morgan fingerprint density at radius 2 is 2.10 bits per heavy atom. The van der Waals surface area contributed by atoms with Crippen molar-refractivity contribution >= 4 is 10.0 Å². The molecule has 1 saturated carbocycles. The lowest BCUT2D eigenvalue weighted by Gasteiger charge is -2.36. The summed E-state index contributed by atoms with van der Waals surface area (Å²) in [6.45, 7) is 0.0117. The molecule has 7 nitrogen and oxygen atoms in total. The van der Waals surface area contributed by atoms with Crippen molar-refractivity contribution in [2.24, 2.45) is 0 Å². The van der Waals surface area contributed by atoms with E-state index in [-0.39, 0.29) is 22.7 Å². The largest absolute Gasteiger partial charge is 0.392 e. The number of H-pyrrole nitrogens is 1. The number of hydrogen-bond acceptors (Lipinski definition) is 5. The highest BCUT2D eigenvalue weighted by Gasteiger charge is 2.37. The van der Waals surface area contributed by atoms with E-state index >= 15 is 0 Å². The van der Waals surface area contributed by atoms with E-state index in [9.17, 15) is 8.42 Å². The van der Waals surface area contributed by atoms with Gasteiger partial charge in [-0.15, -0.1) is 0 Å². The molecule has 0 unspecified atom stereocenters. The fourth-order valence-corrected chi connectivity index (χ4v) is 4.00. The van der Waals surface area contributed by atoms with Crippen LogP contribution in [0.3, 0.4) is 0 Å². The molecule has 1 heterocycles. The van der Waals surface area contributed by atoms with Gasteiger partial charge < -0.3 is 10.0 Å². The van der Waals surface area contributed by atoms with Crippen LogP contribution < -0.4 is 4.72 Å². The first-order valence-corrected chi connectivity index (χ1v) is 8.20. The maximum absolute atomic E-state index is 12.3. The normalized spacial score (nSPS) is 18.8. The lowest BCUT2D eigenvalue weighted by Crippen LogP contribution is -2.50. The Morgan fingerprint density at radius 1 is 1.45 bits per heavy atom. The summed E-state index contributed by atoms with van der Waals surface area (Å²) in [5.41, 5.74) is 0.162. The molecule has 8 heteroatoms. The molecule has 20 heavy (non-hydrogen) atoms. The molecule has 1 aliphatic rings. The maximum Gasteiger partial charge on any atom is 0.257 e. The minimum atomic E-state index is -3.67. The monoisotopic (exact) mass is 302 g/mol. The maximum atomic E-state index is 12.3. The number of aliphatic hydroxyl groups excluding tert-OH is 1. The van der Waals surface area contributed by atoms with Gasteiger partial charge in [-0.25, -0.2) is 13.1 Å². The highest BCUT2D eigenvalue weighted by molar-refractivity contribution is 7.89. The summed E-state index contributed by atoms with van der Waals surface area (Å²) in [7, 11) is 0.289. The molecule has 1 aromatic heterocycles. The highest BCUT2D eigenvalue weighted by atomic mass is 32.2. The van der Waals surface area contributed by atoms with Crippen LogP contribution >= 0.6 is 0 Å². The van der Waals surface area contributed by atoms with Crippen LogP contribution in [0.4, 0.5) is 0 Å². The van der Waals surface area contributed by atoms with Crippen LogP contribution in [0.2, 0.25) is 0 Å². The topological polar surface area (TPSA) is 98.3 Å². The van der Waals surface area contributed by atoms with E-state index < -0.39 is 10.0 Å². The number of rotatable bonds is 6. The SMILES string of the molecule is CN(C)C1(CNS(=O)(=O)c2[nH]ncc2CO)CCCC1. The number of aromatic amines is 1. The Morgan fingerprint density at radius 3 is 2.65 bits per heavy atom. The van der Waals surface area contributed by atoms with E-state index in [2.05, 4.69) is 19.8 Å². The summed E-state index contributed by atoms with van der Waals surface area (Å²) in [4.78, 5) is 2.10. The van der Waals surface area contributed by atoms with Crippen LogP contribution in [-0.4, -0.2) is 54.8 Å². The van der Waals surface area contributed by atoms with Crippen LogP contribution in [0.25, 0.3) is 0 Å². The zero-order valence-electron chi connectivity index (χ0n) is 11.9. The number of nitrogens with one attached hydrogen (secondary N) is 2. The smallest absolute Gasteiger partial charge is 0.257 e. The average Bonchev–Trinajstić information content (AvgIpc) is 3.06. The second-order valence-electron chi connectivity index (χ2n) is 5.53. The van der Waals surface area contributed by atoms with E-state index in [0.717, 1.165) is 25.7 Å². The summed E-state index contributed by atoms with van der Waals surface area (Å²) in [6.07, 6.45) is 5.53. The van der Waals surface area contributed by atoms with Gasteiger partial charge in [-0.05, 0) is 26.9 Å². The zero-order chi connectivity index (χ0) is 14.8. The predicted molar refractivity (Wildman–Crippen MR) is 74.6 cm³/mol. The van der Waals surface area contributed by atoms with E-state index in [1.165, 1.54) is 6.20 Å². The van der Waals surface area contributed by atoms with Gasteiger partial charge in [0.1, 0.15) is 0 Å². The molecule has 0 amide bonds. The van der Waals surface area contributed by atoms with Crippen LogP contribution in [-0.2, 0) is 16.6 Å². The number of nitrogens with zero attached hydrogens (tertiary/aromatic N) is 2. The predicted octanol–water partition coefficient (Wildman–Crippen LogP) is 0.0547. The second kappa shape index (κ2) is 5.80. The van der Waals surface area contributed by atoms with Crippen molar-refractivity contribution in [3.63, 3.8) is 0 Å². The molecular formula is C12H22N4O3S. The van der Waals surface area contributed by atoms with Crippen LogP contribution in [0.15, 0.2) is 11.2 Å². The third kappa shape index (κ3) is 2.88. The minimum Gasteiger partial charge on any atom is -0.392 e. The van der Waals surface area contributed by atoms with Gasteiger partial charge in [0, 0.05) is 17.6 Å². The van der Waals surface area contributed by atoms with Crippen molar-refractivity contribution < 1.29 is 13.5 Å². The molecule has 1 aromatic rings. The van der Waals surface area contributed by atoms with Crippen molar-refractivity contribution in [2.45, 2.75) is 42.9 Å². The van der Waals surface area contributed by atoms with Crippen LogP contribution in [0, 0.1) is 0 Å². The van der Waals surface area contributed by atoms with Gasteiger partial charge in [0.15, 0.2) is 5.03 Å². The number of aromatic nitrogens is 2. The molecule has 1 aliphatic carbocycles. The van der Waals surface area contributed by atoms with Gasteiger partial charge in [-0.2, -0.15) is 5.10 Å². The molecule has 3 N–H and O–H groups in total. The Hall–Kier alpha value is -0.960. The number of aliphatic hydroxyl groups is 1. The Labute approximate surface area is 119 Å². The summed E-state index contributed by atoms with van der Waals surface area (Å²) in [5.74, 6) is 0. The van der Waals surface area contributed by atoms with Gasteiger partial charge in [-0.3, -0.25) is 5.10 Å². The molecule has 0 bridgehead atoms. The van der Waals surface area contributed by atoms with Gasteiger partial charge in [0.25, 0.3) is 10.0 Å². The molecule has 0 atom stereocenters. The van der Waals surface area contributed by atoms with E-state index in [1.54, 1.807) is 0 Å². The van der Waals surface area contributed by atoms with E-state index in [0.29, 0.717) is 6.54 Å². The fourth-order valence-electron chi connectivity index (χ4n) is 2.76. The third-order valence-electron chi connectivity index (χ3n) is 4.19. The van der Waals surface area contributed by atoms with Gasteiger partial charge in [-0.1, -0.05) is 12.8 Å². The lowest BCUT2D eigenvalue weighted by molar-refractivity contribution is 0.162. The molecule has 0 spiro atoms.